The van der Waals surface area contributed by atoms with E-state index in [1.807, 2.05) is 0 Å². The Balaban J connectivity index is 2.63. The van der Waals surface area contributed by atoms with E-state index in [4.69, 9.17) is 14.2 Å². The molecule has 0 spiro atoms. The summed E-state index contributed by atoms with van der Waals surface area (Å²) in [5, 5.41) is 11.0. The number of rotatable bonds is 6. The van der Waals surface area contributed by atoms with Gasteiger partial charge >= 0.3 is 11.9 Å². The third-order valence-electron chi connectivity index (χ3n) is 4.96. The van der Waals surface area contributed by atoms with Gasteiger partial charge in [0, 0.05) is 12.3 Å². The van der Waals surface area contributed by atoms with Crippen molar-refractivity contribution in [2.24, 2.45) is 11.8 Å². The van der Waals surface area contributed by atoms with Crippen molar-refractivity contribution in [3.8, 4) is 5.75 Å². The molecule has 1 aliphatic rings. The smallest absolute Gasteiger partial charge is 0.317 e. The summed E-state index contributed by atoms with van der Waals surface area (Å²) >= 11 is 0. The molecule has 1 saturated carbocycles. The van der Waals surface area contributed by atoms with E-state index in [0.717, 1.165) is 0 Å². The molecule has 0 radical (unpaired) electrons. The van der Waals surface area contributed by atoms with Gasteiger partial charge < -0.3 is 19.3 Å². The van der Waals surface area contributed by atoms with Crippen molar-refractivity contribution in [1.82, 2.24) is 0 Å². The topological polar surface area (TPSA) is 99.1 Å². The fourth-order valence-electron chi connectivity index (χ4n) is 3.88. The molecule has 1 aromatic rings. The number of hydrogen-bond donors (Lipinski definition) is 1. The maximum atomic E-state index is 13.0. The van der Waals surface area contributed by atoms with Crippen LogP contribution in [0.2, 0.25) is 0 Å². The molecule has 160 valence electrons. The van der Waals surface area contributed by atoms with Gasteiger partial charge in [0.05, 0.1) is 30.8 Å². The molecule has 1 N–H and O–H groups in total. The van der Waals surface area contributed by atoms with Gasteiger partial charge in [0.2, 0.25) is 0 Å². The van der Waals surface area contributed by atoms with E-state index in [1.165, 1.54) is 14.0 Å². The number of aliphatic hydroxyl groups is 1. The second kappa shape index (κ2) is 8.95. The predicted octanol–water partition coefficient (Wildman–Crippen LogP) is 2.64. The number of carbonyl (C=O) groups is 3. The van der Waals surface area contributed by atoms with Gasteiger partial charge in [0.1, 0.15) is 11.7 Å². The Kier molecular flexibility index (Phi) is 7.06. The number of carbonyl (C=O) groups excluding carboxylic acids is 3. The highest BCUT2D eigenvalue weighted by molar-refractivity contribution is 6.02. The molecular weight excluding hydrogens is 376 g/mol. The first-order valence-electron chi connectivity index (χ1n) is 9.78. The monoisotopic (exact) mass is 406 g/mol. The summed E-state index contributed by atoms with van der Waals surface area (Å²) in [6, 6.07) is 6.78. The Labute approximate surface area is 171 Å². The average molecular weight is 406 g/mol. The molecule has 4 unspecified atom stereocenters. The van der Waals surface area contributed by atoms with Crippen LogP contribution in [0.25, 0.3) is 0 Å². The highest BCUT2D eigenvalue weighted by atomic mass is 16.5. The molecule has 0 saturated heterocycles. The lowest BCUT2D eigenvalue weighted by molar-refractivity contribution is -0.176. The summed E-state index contributed by atoms with van der Waals surface area (Å²) in [4.78, 5) is 38.8. The van der Waals surface area contributed by atoms with E-state index < -0.39 is 53.3 Å². The van der Waals surface area contributed by atoms with Gasteiger partial charge in [-0.3, -0.25) is 14.4 Å². The summed E-state index contributed by atoms with van der Waals surface area (Å²) in [6.07, 6.45) is -1.18. The molecular formula is C22H30O7. The lowest BCUT2D eigenvalue weighted by Crippen LogP contribution is -2.55. The average Bonchev–Trinajstić information content (AvgIpc) is 2.58. The van der Waals surface area contributed by atoms with Crippen LogP contribution in [-0.4, -0.2) is 47.7 Å². The van der Waals surface area contributed by atoms with Crippen LogP contribution < -0.4 is 4.74 Å². The molecule has 0 aromatic heterocycles. The van der Waals surface area contributed by atoms with Crippen LogP contribution in [0.5, 0.6) is 5.75 Å². The van der Waals surface area contributed by atoms with Crippen molar-refractivity contribution in [3.05, 3.63) is 29.8 Å². The first-order valence-corrected chi connectivity index (χ1v) is 9.78. The Bertz CT molecular complexity index is 758. The normalized spacial score (nSPS) is 27.1. The summed E-state index contributed by atoms with van der Waals surface area (Å²) in [7, 11) is 1.50. The van der Waals surface area contributed by atoms with Crippen molar-refractivity contribution in [2.45, 2.75) is 64.8 Å². The Morgan fingerprint density at radius 1 is 1.10 bits per heavy atom. The first kappa shape index (κ1) is 22.9. The molecule has 7 heteroatoms. The van der Waals surface area contributed by atoms with Gasteiger partial charge in [0.25, 0.3) is 0 Å². The Morgan fingerprint density at radius 3 is 2.24 bits per heavy atom. The van der Waals surface area contributed by atoms with Gasteiger partial charge in [-0.1, -0.05) is 12.1 Å². The summed E-state index contributed by atoms with van der Waals surface area (Å²) in [5.41, 5.74) is -1.15. The second-order valence-electron chi connectivity index (χ2n) is 8.23. The Hall–Kier alpha value is -2.41. The van der Waals surface area contributed by atoms with Crippen molar-refractivity contribution in [1.29, 1.82) is 0 Å². The molecule has 2 rings (SSSR count). The zero-order valence-corrected chi connectivity index (χ0v) is 17.8. The third-order valence-corrected chi connectivity index (χ3v) is 4.96. The van der Waals surface area contributed by atoms with Crippen LogP contribution in [-0.2, 0) is 23.9 Å². The van der Waals surface area contributed by atoms with Crippen molar-refractivity contribution in [3.63, 3.8) is 0 Å². The molecule has 0 bridgehead atoms. The van der Waals surface area contributed by atoms with Gasteiger partial charge in [-0.05, 0) is 52.3 Å². The highest BCUT2D eigenvalue weighted by Gasteiger charge is 2.57. The second-order valence-corrected chi connectivity index (χ2v) is 8.23. The fourth-order valence-corrected chi connectivity index (χ4v) is 3.88. The Morgan fingerprint density at radius 2 is 1.69 bits per heavy atom. The zero-order chi connectivity index (χ0) is 21.9. The first-order chi connectivity index (χ1) is 13.5. The maximum absolute atomic E-state index is 13.0. The molecule has 0 amide bonds. The maximum Gasteiger partial charge on any atom is 0.317 e. The number of esters is 2. The summed E-state index contributed by atoms with van der Waals surface area (Å²) in [5.74, 6) is -4.63. The van der Waals surface area contributed by atoms with Crippen LogP contribution in [0.15, 0.2) is 24.3 Å². The third kappa shape index (κ3) is 5.15. The summed E-state index contributed by atoms with van der Waals surface area (Å²) < 4.78 is 16.0. The number of ether oxygens (including phenoxy) is 3. The highest BCUT2D eigenvalue weighted by Crippen LogP contribution is 2.47. The molecule has 1 aromatic carbocycles. The number of benzene rings is 1. The van der Waals surface area contributed by atoms with Crippen LogP contribution in [0.4, 0.5) is 0 Å². The van der Waals surface area contributed by atoms with E-state index in [-0.39, 0.29) is 6.42 Å². The summed E-state index contributed by atoms with van der Waals surface area (Å²) in [6.45, 7) is 8.20. The van der Waals surface area contributed by atoms with Crippen LogP contribution >= 0.6 is 0 Å². The van der Waals surface area contributed by atoms with Crippen molar-refractivity contribution < 1.29 is 33.7 Å². The molecule has 7 nitrogen and oxygen atoms in total. The minimum absolute atomic E-state index is 0.344. The number of hydrogen-bond acceptors (Lipinski definition) is 7. The quantitative estimate of drug-likeness (QED) is 0.573. The lowest BCUT2D eigenvalue weighted by atomic mass is 9.61. The van der Waals surface area contributed by atoms with E-state index >= 15 is 0 Å². The standard InChI is InChI=1S/C22H30O7/c1-12(2)28-20(24)18-16(23)11-22(5,26)19(21(25)29-13(3)4)17(18)14-8-7-9-15(10-14)27-6/h7-10,12-13,17-19,26H,11H2,1-6H3. The molecule has 0 aliphatic heterocycles. The van der Waals surface area contributed by atoms with E-state index in [0.29, 0.717) is 11.3 Å². The van der Waals surface area contributed by atoms with Gasteiger partial charge in [-0.2, -0.15) is 0 Å². The van der Waals surface area contributed by atoms with Gasteiger partial charge in [-0.25, -0.2) is 0 Å². The molecule has 29 heavy (non-hydrogen) atoms. The molecule has 1 fully saturated rings. The number of ketones is 1. The van der Waals surface area contributed by atoms with Gasteiger partial charge in [0.15, 0.2) is 5.78 Å². The molecule has 0 heterocycles. The lowest BCUT2D eigenvalue weighted by Gasteiger charge is -2.44. The number of Topliss-reactive ketones (excluding diaryl/α,β-unsaturated/α-hetero) is 1. The minimum Gasteiger partial charge on any atom is -0.497 e. The van der Waals surface area contributed by atoms with E-state index in [2.05, 4.69) is 0 Å². The zero-order valence-electron chi connectivity index (χ0n) is 17.8. The van der Waals surface area contributed by atoms with Gasteiger partial charge in [-0.15, -0.1) is 0 Å². The SMILES string of the molecule is COc1cccc(C2C(C(=O)OC(C)C)C(=O)CC(C)(O)C2C(=O)OC(C)C)c1. The van der Waals surface area contributed by atoms with Crippen LogP contribution in [0.1, 0.15) is 52.5 Å². The van der Waals surface area contributed by atoms with E-state index in [1.54, 1.807) is 52.0 Å². The van der Waals surface area contributed by atoms with Crippen molar-refractivity contribution in [2.75, 3.05) is 7.11 Å². The van der Waals surface area contributed by atoms with Crippen molar-refractivity contribution >= 4 is 17.7 Å². The largest absolute Gasteiger partial charge is 0.497 e. The fraction of sp³-hybridized carbons (Fsp3) is 0.591. The van der Waals surface area contributed by atoms with E-state index in [9.17, 15) is 19.5 Å². The minimum atomic E-state index is -1.68. The molecule has 4 atom stereocenters. The number of methoxy groups -OCH3 is 1. The van der Waals surface area contributed by atoms with Crippen LogP contribution in [0, 0.1) is 11.8 Å². The molecule has 1 aliphatic carbocycles. The predicted molar refractivity (Wildman–Crippen MR) is 105 cm³/mol. The van der Waals surface area contributed by atoms with Crippen LogP contribution in [0.3, 0.4) is 0 Å².